The maximum atomic E-state index is 5.66. The molecule has 0 aromatic carbocycles. The molecule has 0 unspecified atom stereocenters. The second-order valence-electron chi connectivity index (χ2n) is 3.96. The summed E-state index contributed by atoms with van der Waals surface area (Å²) in [7, 11) is 0. The molecule has 0 bridgehead atoms. The molecule has 0 saturated carbocycles. The lowest BCUT2D eigenvalue weighted by atomic mass is 10.2. The number of aromatic amines is 1. The highest BCUT2D eigenvalue weighted by Gasteiger charge is 2.08. The van der Waals surface area contributed by atoms with Gasteiger partial charge in [-0.25, -0.2) is 9.67 Å². The number of pyridine rings is 1. The monoisotopic (exact) mass is 227 g/mol. The van der Waals surface area contributed by atoms with Crippen LogP contribution < -0.4 is 5.73 Å². The molecular weight excluding hydrogens is 214 g/mol. The molecule has 0 amide bonds. The second kappa shape index (κ2) is 3.71. The Morgan fingerprint density at radius 1 is 1.41 bits per heavy atom. The zero-order chi connectivity index (χ0) is 11.8. The third kappa shape index (κ3) is 1.52. The van der Waals surface area contributed by atoms with Crippen molar-refractivity contribution in [1.29, 1.82) is 0 Å². The summed E-state index contributed by atoms with van der Waals surface area (Å²) in [5.74, 6) is 0. The van der Waals surface area contributed by atoms with E-state index in [9.17, 15) is 0 Å². The van der Waals surface area contributed by atoms with Crippen LogP contribution in [-0.2, 0) is 6.54 Å². The number of aryl methyl sites for hydroxylation is 1. The van der Waals surface area contributed by atoms with Crippen molar-refractivity contribution in [1.82, 2.24) is 19.7 Å². The molecule has 5 heteroatoms. The van der Waals surface area contributed by atoms with Crippen LogP contribution in [0, 0.1) is 6.92 Å². The number of rotatable bonds is 2. The van der Waals surface area contributed by atoms with Crippen molar-refractivity contribution in [3.8, 4) is 5.69 Å². The van der Waals surface area contributed by atoms with Crippen LogP contribution in [0.5, 0.6) is 0 Å². The van der Waals surface area contributed by atoms with Gasteiger partial charge in [0.25, 0.3) is 0 Å². The number of nitrogens with one attached hydrogen (secondary N) is 1. The van der Waals surface area contributed by atoms with E-state index in [2.05, 4.69) is 15.1 Å². The molecule has 3 N–H and O–H groups in total. The van der Waals surface area contributed by atoms with Crippen LogP contribution in [0.1, 0.15) is 11.3 Å². The van der Waals surface area contributed by atoms with Gasteiger partial charge in [0, 0.05) is 36.1 Å². The first-order valence-corrected chi connectivity index (χ1v) is 5.47. The van der Waals surface area contributed by atoms with Gasteiger partial charge in [0.2, 0.25) is 0 Å². The Bertz CT molecular complexity index is 664. The molecule has 0 aliphatic rings. The largest absolute Gasteiger partial charge is 0.346 e. The Kier molecular flexibility index (Phi) is 2.19. The predicted molar refractivity (Wildman–Crippen MR) is 65.8 cm³/mol. The highest BCUT2D eigenvalue weighted by molar-refractivity contribution is 5.84. The number of nitrogens with two attached hydrogens (primary N) is 1. The van der Waals surface area contributed by atoms with Crippen LogP contribution in [0.3, 0.4) is 0 Å². The summed E-state index contributed by atoms with van der Waals surface area (Å²) >= 11 is 0. The minimum absolute atomic E-state index is 0.507. The number of nitrogens with zero attached hydrogens (tertiary/aromatic N) is 3. The van der Waals surface area contributed by atoms with Crippen LogP contribution in [0.4, 0.5) is 0 Å². The van der Waals surface area contributed by atoms with Crippen molar-refractivity contribution >= 4 is 11.0 Å². The molecule has 17 heavy (non-hydrogen) atoms. The van der Waals surface area contributed by atoms with Gasteiger partial charge in [-0.05, 0) is 19.1 Å². The van der Waals surface area contributed by atoms with E-state index in [1.165, 1.54) is 0 Å². The van der Waals surface area contributed by atoms with Gasteiger partial charge in [-0.15, -0.1) is 0 Å². The molecule has 0 saturated heterocycles. The molecule has 0 aliphatic carbocycles. The Hall–Kier alpha value is -2.14. The predicted octanol–water partition coefficient (Wildman–Crippen LogP) is 1.52. The van der Waals surface area contributed by atoms with Gasteiger partial charge in [0.05, 0.1) is 11.4 Å². The van der Waals surface area contributed by atoms with Gasteiger partial charge < -0.3 is 10.7 Å². The lowest BCUT2D eigenvalue weighted by Gasteiger charge is -2.02. The Balaban J connectivity index is 2.23. The summed E-state index contributed by atoms with van der Waals surface area (Å²) in [6, 6.07) is 3.94. The highest BCUT2D eigenvalue weighted by atomic mass is 15.3. The third-order valence-electron chi connectivity index (χ3n) is 2.90. The van der Waals surface area contributed by atoms with E-state index in [0.717, 1.165) is 28.0 Å². The van der Waals surface area contributed by atoms with Gasteiger partial charge in [-0.1, -0.05) is 0 Å². The molecule has 3 aromatic rings. The summed E-state index contributed by atoms with van der Waals surface area (Å²) in [6.45, 7) is 2.47. The van der Waals surface area contributed by atoms with Gasteiger partial charge >= 0.3 is 0 Å². The highest BCUT2D eigenvalue weighted by Crippen LogP contribution is 2.20. The fraction of sp³-hybridized carbons (Fsp3) is 0.167. The second-order valence-corrected chi connectivity index (χ2v) is 3.96. The first-order valence-electron chi connectivity index (χ1n) is 5.47. The topological polar surface area (TPSA) is 72.5 Å². The van der Waals surface area contributed by atoms with E-state index in [0.29, 0.717) is 6.54 Å². The van der Waals surface area contributed by atoms with Crippen molar-refractivity contribution in [2.24, 2.45) is 5.73 Å². The van der Waals surface area contributed by atoms with Crippen LogP contribution in [-0.4, -0.2) is 19.7 Å². The molecule has 5 nitrogen and oxygen atoms in total. The first-order chi connectivity index (χ1) is 8.29. The van der Waals surface area contributed by atoms with Crippen LogP contribution in [0.2, 0.25) is 0 Å². The maximum absolute atomic E-state index is 5.66. The minimum atomic E-state index is 0.507. The summed E-state index contributed by atoms with van der Waals surface area (Å²) in [6.07, 6.45) is 5.62. The molecule has 0 aliphatic heterocycles. The molecule has 3 aromatic heterocycles. The number of fused-ring (bicyclic) bond motifs is 1. The van der Waals surface area contributed by atoms with Gasteiger partial charge in [-0.2, -0.15) is 5.10 Å². The number of hydrogen-bond acceptors (Lipinski definition) is 3. The van der Waals surface area contributed by atoms with Crippen molar-refractivity contribution in [2.75, 3.05) is 0 Å². The van der Waals surface area contributed by atoms with Crippen LogP contribution >= 0.6 is 0 Å². The Morgan fingerprint density at radius 2 is 2.29 bits per heavy atom. The third-order valence-corrected chi connectivity index (χ3v) is 2.90. The average Bonchev–Trinajstić information content (AvgIpc) is 2.94. The zero-order valence-corrected chi connectivity index (χ0v) is 9.51. The fourth-order valence-corrected chi connectivity index (χ4v) is 1.97. The van der Waals surface area contributed by atoms with Crippen molar-refractivity contribution in [3.63, 3.8) is 0 Å². The summed E-state index contributed by atoms with van der Waals surface area (Å²) in [5.41, 5.74) is 9.57. The van der Waals surface area contributed by atoms with E-state index in [1.54, 1.807) is 6.20 Å². The quantitative estimate of drug-likeness (QED) is 0.697. The number of H-pyrrole nitrogens is 1. The summed E-state index contributed by atoms with van der Waals surface area (Å²) in [4.78, 5) is 7.34. The van der Waals surface area contributed by atoms with Crippen LogP contribution in [0.25, 0.3) is 16.7 Å². The van der Waals surface area contributed by atoms with Crippen molar-refractivity contribution < 1.29 is 0 Å². The van der Waals surface area contributed by atoms with E-state index in [1.807, 2.05) is 36.1 Å². The normalized spacial score (nSPS) is 11.2. The lowest BCUT2D eigenvalue weighted by Crippen LogP contribution is -1.96. The van der Waals surface area contributed by atoms with Crippen molar-refractivity contribution in [2.45, 2.75) is 13.5 Å². The fourth-order valence-electron chi connectivity index (χ4n) is 1.97. The number of aromatic nitrogens is 4. The molecule has 0 radical (unpaired) electrons. The van der Waals surface area contributed by atoms with Crippen LogP contribution in [0.15, 0.2) is 30.7 Å². The van der Waals surface area contributed by atoms with E-state index >= 15 is 0 Å². The van der Waals surface area contributed by atoms with Crippen molar-refractivity contribution in [3.05, 3.63) is 42.0 Å². The standard InChI is InChI=1S/C12H13N5/c1-8-9(6-13)7-17(16-8)11-3-5-15-12-10(11)2-4-14-12/h2-5,7H,6,13H2,1H3,(H,14,15). The smallest absolute Gasteiger partial charge is 0.139 e. The first kappa shape index (κ1) is 10.0. The molecule has 0 atom stereocenters. The minimum Gasteiger partial charge on any atom is -0.346 e. The van der Waals surface area contributed by atoms with Gasteiger partial charge in [0.15, 0.2) is 0 Å². The molecule has 0 fully saturated rings. The number of hydrogen-bond donors (Lipinski definition) is 2. The van der Waals surface area contributed by atoms with E-state index in [4.69, 9.17) is 5.73 Å². The molecule has 86 valence electrons. The lowest BCUT2D eigenvalue weighted by molar-refractivity contribution is 0.868. The Labute approximate surface area is 98.3 Å². The van der Waals surface area contributed by atoms with Gasteiger partial charge in [-0.3, -0.25) is 0 Å². The Morgan fingerprint density at radius 3 is 3.06 bits per heavy atom. The molecular formula is C12H13N5. The summed E-state index contributed by atoms with van der Waals surface area (Å²) in [5, 5.41) is 5.53. The summed E-state index contributed by atoms with van der Waals surface area (Å²) < 4.78 is 1.86. The van der Waals surface area contributed by atoms with E-state index < -0.39 is 0 Å². The average molecular weight is 227 g/mol. The maximum Gasteiger partial charge on any atom is 0.139 e. The molecule has 0 spiro atoms. The van der Waals surface area contributed by atoms with E-state index in [-0.39, 0.29) is 0 Å². The zero-order valence-electron chi connectivity index (χ0n) is 9.51. The molecule has 3 rings (SSSR count). The molecule has 3 heterocycles. The SMILES string of the molecule is Cc1nn(-c2ccnc3[nH]ccc23)cc1CN. The van der Waals surface area contributed by atoms with Gasteiger partial charge in [0.1, 0.15) is 5.65 Å².